The number of rotatable bonds is 8. The van der Waals surface area contributed by atoms with E-state index in [9.17, 15) is 4.79 Å². The molecular weight excluding hydrogens is 318 g/mol. The lowest BCUT2D eigenvalue weighted by atomic mass is 9.93. The molecule has 0 spiro atoms. The van der Waals surface area contributed by atoms with Gasteiger partial charge in [0.05, 0.1) is 11.7 Å². The number of anilines is 2. The maximum atomic E-state index is 11.7. The van der Waals surface area contributed by atoms with E-state index in [2.05, 4.69) is 27.5 Å². The van der Waals surface area contributed by atoms with Gasteiger partial charge in [0.2, 0.25) is 5.95 Å². The van der Waals surface area contributed by atoms with Gasteiger partial charge < -0.3 is 21.1 Å². The van der Waals surface area contributed by atoms with Crippen LogP contribution in [0.2, 0.25) is 0 Å². The first kappa shape index (κ1) is 17.9. The molecule has 1 aromatic heterocycles. The molecule has 0 radical (unpaired) electrons. The highest BCUT2D eigenvalue weighted by atomic mass is 16.5. The minimum Gasteiger partial charge on any atom is -0.381 e. The second-order valence-electron chi connectivity index (χ2n) is 7.17. The number of nitrogens with one attached hydrogen (secondary N) is 2. The average Bonchev–Trinajstić information content (AvgIpc) is 3.45. The Balaban J connectivity index is 1.70. The van der Waals surface area contributed by atoms with E-state index in [1.807, 2.05) is 0 Å². The van der Waals surface area contributed by atoms with E-state index in [0.29, 0.717) is 41.4 Å². The van der Waals surface area contributed by atoms with Crippen LogP contribution in [0.5, 0.6) is 0 Å². The summed E-state index contributed by atoms with van der Waals surface area (Å²) in [5.74, 6) is 1.27. The minimum absolute atomic E-state index is 0.331. The van der Waals surface area contributed by atoms with Crippen LogP contribution in [0, 0.1) is 5.92 Å². The molecule has 1 amide bonds. The van der Waals surface area contributed by atoms with E-state index in [1.165, 1.54) is 19.0 Å². The van der Waals surface area contributed by atoms with Gasteiger partial charge in [-0.1, -0.05) is 6.92 Å². The van der Waals surface area contributed by atoms with Crippen molar-refractivity contribution in [1.29, 1.82) is 0 Å². The third-order valence-electron chi connectivity index (χ3n) is 5.35. The topological polar surface area (TPSA) is 102 Å². The van der Waals surface area contributed by atoms with Crippen LogP contribution in [0.15, 0.2) is 6.20 Å². The van der Waals surface area contributed by atoms with Crippen LogP contribution >= 0.6 is 0 Å². The summed E-state index contributed by atoms with van der Waals surface area (Å²) in [7, 11) is 1.77. The fraction of sp³-hybridized carbons (Fsp3) is 0.722. The molecule has 0 aliphatic heterocycles. The summed E-state index contributed by atoms with van der Waals surface area (Å²) in [6, 6.07) is 0.669. The molecule has 25 heavy (non-hydrogen) atoms. The standard InChI is InChI=1S/C18H29N5O2/c1-3-15(11-4-5-11)22-17-14(16(19)24)10-20-18(23-17)21-12-6-8-13(25-2)9-7-12/h10-13,15H,3-9H2,1-2H3,(H2,19,24)(H2,20,21,22,23)/t12-,13-,15-/m0/s1. The maximum absolute atomic E-state index is 11.7. The normalized spacial score (nSPS) is 24.6. The first-order chi connectivity index (χ1) is 12.1. The van der Waals surface area contributed by atoms with E-state index >= 15 is 0 Å². The van der Waals surface area contributed by atoms with Gasteiger partial charge in [-0.3, -0.25) is 4.79 Å². The number of hydrogen-bond acceptors (Lipinski definition) is 6. The maximum Gasteiger partial charge on any atom is 0.254 e. The molecule has 7 nitrogen and oxygen atoms in total. The lowest BCUT2D eigenvalue weighted by molar-refractivity contribution is 0.0681. The summed E-state index contributed by atoms with van der Waals surface area (Å²) < 4.78 is 5.41. The van der Waals surface area contributed by atoms with Gasteiger partial charge in [-0.25, -0.2) is 4.98 Å². The van der Waals surface area contributed by atoms with Crippen molar-refractivity contribution >= 4 is 17.7 Å². The van der Waals surface area contributed by atoms with Crippen LogP contribution in [0.25, 0.3) is 0 Å². The zero-order valence-corrected chi connectivity index (χ0v) is 15.1. The number of ether oxygens (including phenoxy) is 1. The van der Waals surface area contributed by atoms with Gasteiger partial charge in [0.25, 0.3) is 5.91 Å². The van der Waals surface area contributed by atoms with Crippen LogP contribution in [-0.4, -0.2) is 41.2 Å². The van der Waals surface area contributed by atoms with E-state index in [0.717, 1.165) is 32.1 Å². The van der Waals surface area contributed by atoms with Crippen molar-refractivity contribution in [2.24, 2.45) is 11.7 Å². The van der Waals surface area contributed by atoms with Crippen molar-refractivity contribution in [1.82, 2.24) is 9.97 Å². The Kier molecular flexibility index (Phi) is 5.73. The molecular formula is C18H29N5O2. The van der Waals surface area contributed by atoms with Crippen molar-refractivity contribution < 1.29 is 9.53 Å². The summed E-state index contributed by atoms with van der Waals surface area (Å²) in [5, 5.41) is 6.82. The first-order valence-corrected chi connectivity index (χ1v) is 9.33. The van der Waals surface area contributed by atoms with Gasteiger partial charge in [0, 0.05) is 25.4 Å². The van der Waals surface area contributed by atoms with E-state index < -0.39 is 5.91 Å². The van der Waals surface area contributed by atoms with Crippen molar-refractivity contribution in [2.75, 3.05) is 17.7 Å². The molecule has 1 heterocycles. The molecule has 3 rings (SSSR count). The molecule has 0 saturated heterocycles. The van der Waals surface area contributed by atoms with Gasteiger partial charge in [-0.15, -0.1) is 0 Å². The number of nitrogens with zero attached hydrogens (tertiary/aromatic N) is 2. The summed E-state index contributed by atoms with van der Waals surface area (Å²) in [6.45, 7) is 2.15. The Morgan fingerprint density at radius 3 is 2.60 bits per heavy atom. The molecule has 1 atom stereocenters. The fourth-order valence-corrected chi connectivity index (χ4v) is 3.59. The summed E-state index contributed by atoms with van der Waals surface area (Å²) in [5.41, 5.74) is 5.85. The lowest BCUT2D eigenvalue weighted by Gasteiger charge is -2.28. The van der Waals surface area contributed by atoms with Crippen LogP contribution < -0.4 is 16.4 Å². The molecule has 7 heteroatoms. The summed E-state index contributed by atoms with van der Waals surface area (Å²) >= 11 is 0. The largest absolute Gasteiger partial charge is 0.381 e. The van der Waals surface area contributed by atoms with E-state index in [1.54, 1.807) is 7.11 Å². The number of carbonyl (C=O) groups excluding carboxylic acids is 1. The lowest BCUT2D eigenvalue weighted by Crippen LogP contribution is -2.30. The number of amides is 1. The number of aromatic nitrogens is 2. The van der Waals surface area contributed by atoms with Crippen LogP contribution in [0.4, 0.5) is 11.8 Å². The van der Waals surface area contributed by atoms with Crippen molar-refractivity contribution in [3.63, 3.8) is 0 Å². The van der Waals surface area contributed by atoms with Gasteiger partial charge in [0.1, 0.15) is 5.82 Å². The van der Waals surface area contributed by atoms with Gasteiger partial charge >= 0.3 is 0 Å². The molecule has 0 aromatic carbocycles. The molecule has 2 aliphatic carbocycles. The quantitative estimate of drug-likeness (QED) is 0.668. The highest BCUT2D eigenvalue weighted by Crippen LogP contribution is 2.36. The second-order valence-corrected chi connectivity index (χ2v) is 7.17. The van der Waals surface area contributed by atoms with Crippen LogP contribution in [0.3, 0.4) is 0 Å². The molecule has 4 N–H and O–H groups in total. The predicted octanol–water partition coefficient (Wildman–Crippen LogP) is 2.55. The molecule has 2 fully saturated rings. The molecule has 1 aromatic rings. The number of hydrogen-bond donors (Lipinski definition) is 3. The third kappa shape index (κ3) is 4.60. The van der Waals surface area contributed by atoms with E-state index in [4.69, 9.17) is 10.5 Å². The van der Waals surface area contributed by atoms with Crippen LogP contribution in [0.1, 0.15) is 62.2 Å². The van der Waals surface area contributed by atoms with Crippen LogP contribution in [-0.2, 0) is 4.74 Å². The Labute approximate surface area is 149 Å². The highest BCUT2D eigenvalue weighted by Gasteiger charge is 2.31. The first-order valence-electron chi connectivity index (χ1n) is 9.33. The second kappa shape index (κ2) is 7.99. The Morgan fingerprint density at radius 2 is 2.04 bits per heavy atom. The molecule has 0 bridgehead atoms. The number of carbonyl (C=O) groups is 1. The van der Waals surface area contributed by atoms with Gasteiger partial charge in [-0.2, -0.15) is 4.98 Å². The molecule has 0 unspecified atom stereocenters. The van der Waals surface area contributed by atoms with E-state index in [-0.39, 0.29) is 0 Å². The monoisotopic (exact) mass is 347 g/mol. The van der Waals surface area contributed by atoms with Crippen molar-refractivity contribution in [3.8, 4) is 0 Å². The van der Waals surface area contributed by atoms with Crippen molar-refractivity contribution in [3.05, 3.63) is 11.8 Å². The molecule has 2 aliphatic rings. The Morgan fingerprint density at radius 1 is 1.32 bits per heavy atom. The SMILES string of the molecule is CC[C@H](Nc1nc(N[C@H]2CC[C@H](OC)CC2)ncc1C(N)=O)C1CC1. The third-order valence-corrected chi connectivity index (χ3v) is 5.35. The van der Waals surface area contributed by atoms with Gasteiger partial charge in [-0.05, 0) is 50.9 Å². The molecule has 138 valence electrons. The zero-order chi connectivity index (χ0) is 17.8. The number of nitrogens with two attached hydrogens (primary N) is 1. The summed E-state index contributed by atoms with van der Waals surface area (Å²) in [4.78, 5) is 20.6. The number of methoxy groups -OCH3 is 1. The van der Waals surface area contributed by atoms with Crippen molar-refractivity contribution in [2.45, 2.75) is 70.1 Å². The van der Waals surface area contributed by atoms with Gasteiger partial charge in [0.15, 0.2) is 0 Å². The predicted molar refractivity (Wildman–Crippen MR) is 97.7 cm³/mol. The molecule has 2 saturated carbocycles. The zero-order valence-electron chi connectivity index (χ0n) is 15.1. The minimum atomic E-state index is -0.500. The highest BCUT2D eigenvalue weighted by molar-refractivity contribution is 5.97. The fourth-order valence-electron chi connectivity index (χ4n) is 3.59. The average molecular weight is 347 g/mol. The smallest absolute Gasteiger partial charge is 0.254 e. The Bertz CT molecular complexity index is 597. The summed E-state index contributed by atoms with van der Waals surface area (Å²) in [6.07, 6.45) is 9.49. The Hall–Kier alpha value is -1.89. The number of primary amides is 1.